The lowest BCUT2D eigenvalue weighted by Crippen LogP contribution is -2.31. The van der Waals surface area contributed by atoms with Gasteiger partial charge in [-0.3, -0.25) is 4.79 Å². The standard InChI is InChI=1S/C30H28ClN5O4S/c1-4-40-24-12-8-7-11-23(24)33-27(37)25-18(2)32-29-34-30(41-17-21-9-5-6-10-22(21)31)35-36(29)26(25)19-13-15-20(16-14-19)28(38)39-3/h5-16,26H,4,17H2,1-3H3,(H,33,37)(H,32,34,35). The quantitative estimate of drug-likeness (QED) is 0.172. The number of thioether (sulfide) groups is 1. The predicted octanol–water partition coefficient (Wildman–Crippen LogP) is 6.34. The highest BCUT2D eigenvalue weighted by Crippen LogP contribution is 2.38. The van der Waals surface area contributed by atoms with E-state index >= 15 is 0 Å². The number of anilines is 2. The summed E-state index contributed by atoms with van der Waals surface area (Å²) in [6.45, 7) is 4.17. The van der Waals surface area contributed by atoms with Gasteiger partial charge in [-0.05, 0) is 55.3 Å². The molecule has 210 valence electrons. The van der Waals surface area contributed by atoms with Gasteiger partial charge >= 0.3 is 5.97 Å². The Kier molecular flexibility index (Phi) is 8.61. The van der Waals surface area contributed by atoms with E-state index in [1.54, 1.807) is 41.1 Å². The third-order valence-electron chi connectivity index (χ3n) is 6.48. The van der Waals surface area contributed by atoms with E-state index in [2.05, 4.69) is 10.6 Å². The molecule has 2 N–H and O–H groups in total. The van der Waals surface area contributed by atoms with Crippen molar-refractivity contribution in [1.29, 1.82) is 0 Å². The van der Waals surface area contributed by atoms with Gasteiger partial charge in [-0.15, -0.1) is 5.10 Å². The molecule has 0 saturated carbocycles. The lowest BCUT2D eigenvalue weighted by Gasteiger charge is -2.29. The monoisotopic (exact) mass is 589 g/mol. The van der Waals surface area contributed by atoms with Crippen molar-refractivity contribution in [3.05, 3.63) is 106 Å². The van der Waals surface area contributed by atoms with Gasteiger partial charge in [-0.2, -0.15) is 4.98 Å². The van der Waals surface area contributed by atoms with Gasteiger partial charge < -0.3 is 20.1 Å². The molecule has 1 aliphatic heterocycles. The first kappa shape index (κ1) is 28.3. The maximum atomic E-state index is 13.9. The first-order chi connectivity index (χ1) is 19.9. The zero-order chi connectivity index (χ0) is 28.9. The minimum Gasteiger partial charge on any atom is -0.492 e. The van der Waals surface area contributed by atoms with Crippen molar-refractivity contribution in [3.8, 4) is 5.75 Å². The number of nitrogens with zero attached hydrogens (tertiary/aromatic N) is 3. The van der Waals surface area contributed by atoms with Crippen LogP contribution in [-0.4, -0.2) is 40.4 Å². The Morgan fingerprint density at radius 1 is 1.07 bits per heavy atom. The fourth-order valence-electron chi connectivity index (χ4n) is 4.51. The maximum absolute atomic E-state index is 13.9. The molecule has 0 bridgehead atoms. The van der Waals surface area contributed by atoms with E-state index in [0.29, 0.717) is 56.8 Å². The summed E-state index contributed by atoms with van der Waals surface area (Å²) in [5.74, 6) is 0.881. The molecule has 4 aromatic rings. The summed E-state index contributed by atoms with van der Waals surface area (Å²) in [5, 5.41) is 12.2. The summed E-state index contributed by atoms with van der Waals surface area (Å²) < 4.78 is 12.3. The van der Waals surface area contributed by atoms with Crippen LogP contribution in [0.3, 0.4) is 0 Å². The highest BCUT2D eigenvalue weighted by atomic mass is 35.5. The molecule has 9 nitrogen and oxygen atoms in total. The third-order valence-corrected chi connectivity index (χ3v) is 7.73. The van der Waals surface area contributed by atoms with Gasteiger partial charge in [0, 0.05) is 16.5 Å². The van der Waals surface area contributed by atoms with Gasteiger partial charge in [0.25, 0.3) is 5.91 Å². The molecule has 0 radical (unpaired) electrons. The molecule has 1 aliphatic rings. The number of aromatic nitrogens is 3. The summed E-state index contributed by atoms with van der Waals surface area (Å²) in [5.41, 5.74) is 3.74. The molecule has 0 saturated heterocycles. The van der Waals surface area contributed by atoms with Gasteiger partial charge in [-0.25, -0.2) is 9.48 Å². The average Bonchev–Trinajstić information content (AvgIpc) is 3.39. The maximum Gasteiger partial charge on any atom is 0.337 e. The average molecular weight is 590 g/mol. The van der Waals surface area contributed by atoms with Crippen LogP contribution in [0.2, 0.25) is 5.02 Å². The number of carbonyl (C=O) groups is 2. The number of hydrogen-bond acceptors (Lipinski definition) is 8. The van der Waals surface area contributed by atoms with Crippen LogP contribution in [0.25, 0.3) is 0 Å². The molecule has 1 aromatic heterocycles. The zero-order valence-electron chi connectivity index (χ0n) is 22.7. The minimum atomic E-state index is -0.626. The number of methoxy groups -OCH3 is 1. The predicted molar refractivity (Wildman–Crippen MR) is 160 cm³/mol. The smallest absolute Gasteiger partial charge is 0.337 e. The number of hydrogen-bond donors (Lipinski definition) is 2. The normalized spacial score (nSPS) is 14.2. The lowest BCUT2D eigenvalue weighted by molar-refractivity contribution is -0.113. The van der Waals surface area contributed by atoms with E-state index in [-0.39, 0.29) is 5.91 Å². The number of allylic oxidation sites excluding steroid dienone is 1. The second-order valence-corrected chi connectivity index (χ2v) is 10.5. The van der Waals surface area contributed by atoms with Crippen LogP contribution >= 0.6 is 23.4 Å². The molecule has 1 atom stereocenters. The van der Waals surface area contributed by atoms with Gasteiger partial charge in [0.15, 0.2) is 0 Å². The number of ether oxygens (including phenoxy) is 2. The second kappa shape index (κ2) is 12.5. The number of halogens is 1. The van der Waals surface area contributed by atoms with Crippen molar-refractivity contribution in [1.82, 2.24) is 14.8 Å². The summed E-state index contributed by atoms with van der Waals surface area (Å²) in [4.78, 5) is 30.7. The molecule has 3 aromatic carbocycles. The van der Waals surface area contributed by atoms with Crippen molar-refractivity contribution in [3.63, 3.8) is 0 Å². The van der Waals surface area contributed by atoms with Crippen molar-refractivity contribution in [2.45, 2.75) is 30.8 Å². The largest absolute Gasteiger partial charge is 0.492 e. The van der Waals surface area contributed by atoms with E-state index in [4.69, 9.17) is 31.2 Å². The highest BCUT2D eigenvalue weighted by Gasteiger charge is 2.35. The Hall–Kier alpha value is -4.28. The topological polar surface area (TPSA) is 107 Å². The van der Waals surface area contributed by atoms with Gasteiger partial charge in [0.1, 0.15) is 11.8 Å². The number of carbonyl (C=O) groups excluding carboxylic acids is 2. The van der Waals surface area contributed by atoms with E-state index in [9.17, 15) is 9.59 Å². The molecule has 11 heteroatoms. The van der Waals surface area contributed by atoms with E-state index in [1.807, 2.05) is 50.2 Å². The van der Waals surface area contributed by atoms with Gasteiger partial charge in [0.2, 0.25) is 11.1 Å². The number of amides is 1. The first-order valence-electron chi connectivity index (χ1n) is 12.9. The molecule has 1 amide bonds. The van der Waals surface area contributed by atoms with Crippen LogP contribution in [0.15, 0.2) is 89.2 Å². The van der Waals surface area contributed by atoms with E-state index in [1.165, 1.54) is 18.9 Å². The van der Waals surface area contributed by atoms with Gasteiger partial charge in [-0.1, -0.05) is 65.8 Å². The number of nitrogens with one attached hydrogen (secondary N) is 2. The lowest BCUT2D eigenvalue weighted by atomic mass is 9.94. The van der Waals surface area contributed by atoms with E-state index in [0.717, 1.165) is 11.1 Å². The number of benzene rings is 3. The molecule has 0 spiro atoms. The number of rotatable bonds is 9. The van der Waals surface area contributed by atoms with Crippen LogP contribution in [0, 0.1) is 0 Å². The fraction of sp³-hybridized carbons (Fsp3) is 0.200. The molecule has 41 heavy (non-hydrogen) atoms. The third kappa shape index (κ3) is 6.08. The Labute approximate surface area is 246 Å². The summed E-state index contributed by atoms with van der Waals surface area (Å²) in [6, 6.07) is 21.2. The Morgan fingerprint density at radius 3 is 2.54 bits per heavy atom. The number of fused-ring (bicyclic) bond motifs is 1. The Bertz CT molecular complexity index is 1620. The summed E-state index contributed by atoms with van der Waals surface area (Å²) in [7, 11) is 1.33. The van der Waals surface area contributed by atoms with Crippen molar-refractivity contribution in [2.75, 3.05) is 24.4 Å². The second-order valence-electron chi connectivity index (χ2n) is 9.11. The van der Waals surface area contributed by atoms with Crippen LogP contribution in [-0.2, 0) is 15.3 Å². The van der Waals surface area contributed by atoms with E-state index < -0.39 is 12.0 Å². The summed E-state index contributed by atoms with van der Waals surface area (Å²) >= 11 is 7.79. The SMILES string of the molecule is CCOc1ccccc1NC(=O)C1=C(C)Nc2nc(SCc3ccccc3Cl)nn2C1c1ccc(C(=O)OC)cc1. The molecule has 0 aliphatic carbocycles. The van der Waals surface area contributed by atoms with Gasteiger partial charge in [0.05, 0.1) is 30.5 Å². The van der Waals surface area contributed by atoms with Crippen LogP contribution in [0.5, 0.6) is 5.75 Å². The molecule has 2 heterocycles. The summed E-state index contributed by atoms with van der Waals surface area (Å²) in [6.07, 6.45) is 0. The van der Waals surface area contributed by atoms with Crippen LogP contribution in [0.4, 0.5) is 11.6 Å². The van der Waals surface area contributed by atoms with Crippen LogP contribution in [0.1, 0.15) is 41.4 Å². The number of para-hydroxylation sites is 2. The molecule has 5 rings (SSSR count). The first-order valence-corrected chi connectivity index (χ1v) is 14.3. The molecular formula is C30H28ClN5O4S. The number of esters is 1. The minimum absolute atomic E-state index is 0.324. The highest BCUT2D eigenvalue weighted by molar-refractivity contribution is 7.98. The fourth-order valence-corrected chi connectivity index (χ4v) is 5.63. The molecule has 1 unspecified atom stereocenters. The molecule has 0 fully saturated rings. The Morgan fingerprint density at radius 2 is 1.80 bits per heavy atom. The molecular weight excluding hydrogens is 562 g/mol. The van der Waals surface area contributed by atoms with Crippen molar-refractivity contribution < 1.29 is 19.1 Å². The zero-order valence-corrected chi connectivity index (χ0v) is 24.3. The van der Waals surface area contributed by atoms with Crippen molar-refractivity contribution in [2.24, 2.45) is 0 Å². The Balaban J connectivity index is 1.51. The van der Waals surface area contributed by atoms with Crippen LogP contribution < -0.4 is 15.4 Å². The van der Waals surface area contributed by atoms with Crippen molar-refractivity contribution >= 4 is 46.9 Å².